The van der Waals surface area contributed by atoms with E-state index in [0.717, 1.165) is 5.56 Å². The summed E-state index contributed by atoms with van der Waals surface area (Å²) in [5.74, 6) is -0.0202. The predicted molar refractivity (Wildman–Crippen MR) is 72.4 cm³/mol. The number of piperazine rings is 1. The van der Waals surface area contributed by atoms with E-state index in [0.29, 0.717) is 13.1 Å². The van der Waals surface area contributed by atoms with Gasteiger partial charge in [-0.2, -0.15) is 0 Å². The largest absolute Gasteiger partial charge is 0.394 e. The van der Waals surface area contributed by atoms with E-state index in [1.54, 1.807) is 17.3 Å². The Morgan fingerprint density at radius 2 is 2.26 bits per heavy atom. The first kappa shape index (κ1) is 14.0. The number of aliphatic hydroxyl groups excluding tert-OH is 1. The van der Waals surface area contributed by atoms with E-state index >= 15 is 0 Å². The number of pyridine rings is 1. The standard InChI is InChI=1S/C14H21N3O2/c1-14(2)10-17(8-11-5-4-6-15-7-11)13(19)12(9-18)16(14)3/h4-7,12,18H,8-10H2,1-3H3. The molecule has 2 rings (SSSR count). The van der Waals surface area contributed by atoms with Crippen molar-refractivity contribution in [3.63, 3.8) is 0 Å². The summed E-state index contributed by atoms with van der Waals surface area (Å²) < 4.78 is 0. The molecule has 1 saturated heterocycles. The molecule has 1 fully saturated rings. The maximum atomic E-state index is 12.4. The van der Waals surface area contributed by atoms with E-state index < -0.39 is 6.04 Å². The lowest BCUT2D eigenvalue weighted by Gasteiger charge is -2.49. The van der Waals surface area contributed by atoms with Crippen LogP contribution in [0, 0.1) is 0 Å². The molecule has 1 N–H and O–H groups in total. The molecule has 2 heterocycles. The van der Waals surface area contributed by atoms with Gasteiger partial charge in [-0.15, -0.1) is 0 Å². The van der Waals surface area contributed by atoms with Crippen LogP contribution in [0.25, 0.3) is 0 Å². The molecule has 0 saturated carbocycles. The van der Waals surface area contributed by atoms with Crippen LogP contribution < -0.4 is 0 Å². The lowest BCUT2D eigenvalue weighted by atomic mass is 9.95. The molecule has 19 heavy (non-hydrogen) atoms. The zero-order chi connectivity index (χ0) is 14.0. The Balaban J connectivity index is 2.19. The average molecular weight is 263 g/mol. The van der Waals surface area contributed by atoms with Crippen molar-refractivity contribution in [2.45, 2.75) is 32.0 Å². The zero-order valence-corrected chi connectivity index (χ0v) is 11.7. The number of aromatic nitrogens is 1. The van der Waals surface area contributed by atoms with E-state index in [2.05, 4.69) is 18.8 Å². The third-order valence-corrected chi connectivity index (χ3v) is 3.87. The fourth-order valence-corrected chi connectivity index (χ4v) is 2.50. The average Bonchev–Trinajstić information content (AvgIpc) is 2.38. The van der Waals surface area contributed by atoms with Gasteiger partial charge in [0, 0.05) is 31.0 Å². The summed E-state index contributed by atoms with van der Waals surface area (Å²) in [5, 5.41) is 9.45. The van der Waals surface area contributed by atoms with Crippen molar-refractivity contribution < 1.29 is 9.90 Å². The number of likely N-dealkylation sites (N-methyl/N-ethyl adjacent to an activating group) is 1. The summed E-state index contributed by atoms with van der Waals surface area (Å²) in [5.41, 5.74) is 0.858. The molecule has 1 atom stereocenters. The quantitative estimate of drug-likeness (QED) is 0.862. The van der Waals surface area contributed by atoms with Crippen LogP contribution in [-0.2, 0) is 11.3 Å². The van der Waals surface area contributed by atoms with Gasteiger partial charge in [0.15, 0.2) is 0 Å². The summed E-state index contributed by atoms with van der Waals surface area (Å²) in [6, 6.07) is 3.37. The first-order valence-corrected chi connectivity index (χ1v) is 6.47. The molecule has 104 valence electrons. The number of nitrogens with zero attached hydrogens (tertiary/aromatic N) is 3. The van der Waals surface area contributed by atoms with Crippen molar-refractivity contribution >= 4 is 5.91 Å². The third kappa shape index (κ3) is 2.77. The van der Waals surface area contributed by atoms with E-state index in [4.69, 9.17) is 0 Å². The van der Waals surface area contributed by atoms with Gasteiger partial charge in [0.1, 0.15) is 6.04 Å². The SMILES string of the molecule is CN1C(CO)C(=O)N(Cc2cccnc2)CC1(C)C. The normalized spacial score (nSPS) is 23.7. The lowest BCUT2D eigenvalue weighted by molar-refractivity contribution is -0.151. The Morgan fingerprint density at radius 1 is 1.53 bits per heavy atom. The van der Waals surface area contributed by atoms with Crippen molar-refractivity contribution in [1.82, 2.24) is 14.8 Å². The Bertz CT molecular complexity index is 447. The Morgan fingerprint density at radius 3 is 2.84 bits per heavy atom. The number of hydrogen-bond donors (Lipinski definition) is 1. The van der Waals surface area contributed by atoms with Crippen molar-refractivity contribution in [2.24, 2.45) is 0 Å². The van der Waals surface area contributed by atoms with E-state index in [1.165, 1.54) is 0 Å². The van der Waals surface area contributed by atoms with Crippen LogP contribution >= 0.6 is 0 Å². The number of amides is 1. The maximum absolute atomic E-state index is 12.4. The molecular formula is C14H21N3O2. The fraction of sp³-hybridized carbons (Fsp3) is 0.571. The molecule has 1 amide bonds. The molecule has 0 aromatic carbocycles. The second-order valence-electron chi connectivity index (χ2n) is 5.68. The molecule has 0 bridgehead atoms. The maximum Gasteiger partial charge on any atom is 0.242 e. The molecular weight excluding hydrogens is 242 g/mol. The molecule has 1 aliphatic heterocycles. The number of carbonyl (C=O) groups excluding carboxylic acids is 1. The number of hydrogen-bond acceptors (Lipinski definition) is 4. The molecule has 1 aromatic rings. The second kappa shape index (κ2) is 5.27. The van der Waals surface area contributed by atoms with E-state index in [9.17, 15) is 9.90 Å². The van der Waals surface area contributed by atoms with E-state index in [1.807, 2.05) is 24.1 Å². The van der Waals surface area contributed by atoms with Gasteiger partial charge in [-0.25, -0.2) is 0 Å². The van der Waals surface area contributed by atoms with E-state index in [-0.39, 0.29) is 18.1 Å². The van der Waals surface area contributed by atoms with Crippen LogP contribution in [0.2, 0.25) is 0 Å². The van der Waals surface area contributed by atoms with Gasteiger partial charge >= 0.3 is 0 Å². The topological polar surface area (TPSA) is 56.7 Å². The highest BCUT2D eigenvalue weighted by Crippen LogP contribution is 2.25. The van der Waals surface area contributed by atoms with Crippen molar-refractivity contribution in [3.05, 3.63) is 30.1 Å². The summed E-state index contributed by atoms with van der Waals surface area (Å²) in [4.78, 5) is 20.2. The number of aliphatic hydroxyl groups is 1. The van der Waals surface area contributed by atoms with Crippen LogP contribution in [0.1, 0.15) is 19.4 Å². The zero-order valence-electron chi connectivity index (χ0n) is 11.7. The highest BCUT2D eigenvalue weighted by atomic mass is 16.3. The van der Waals surface area contributed by atoms with Gasteiger partial charge in [-0.1, -0.05) is 6.07 Å². The summed E-state index contributed by atoms with van der Waals surface area (Å²) in [6.07, 6.45) is 3.49. The van der Waals surface area contributed by atoms with Crippen LogP contribution in [0.5, 0.6) is 0 Å². The minimum absolute atomic E-state index is 0.0202. The highest BCUT2D eigenvalue weighted by Gasteiger charge is 2.42. The minimum Gasteiger partial charge on any atom is -0.394 e. The van der Waals surface area contributed by atoms with Crippen LogP contribution in [0.3, 0.4) is 0 Å². The first-order chi connectivity index (χ1) is 8.95. The Labute approximate surface area is 113 Å². The van der Waals surface area contributed by atoms with Gasteiger partial charge in [0.25, 0.3) is 0 Å². The van der Waals surface area contributed by atoms with Gasteiger partial charge in [-0.3, -0.25) is 14.7 Å². The van der Waals surface area contributed by atoms with Crippen LogP contribution in [0.15, 0.2) is 24.5 Å². The molecule has 0 spiro atoms. The van der Waals surface area contributed by atoms with Gasteiger partial charge in [-0.05, 0) is 32.5 Å². The Hall–Kier alpha value is -1.46. The molecule has 0 radical (unpaired) electrons. The smallest absolute Gasteiger partial charge is 0.242 e. The summed E-state index contributed by atoms with van der Waals surface area (Å²) in [6.45, 7) is 5.20. The van der Waals surface area contributed by atoms with Gasteiger partial charge in [0.05, 0.1) is 6.61 Å². The van der Waals surface area contributed by atoms with Crippen molar-refractivity contribution in [1.29, 1.82) is 0 Å². The van der Waals surface area contributed by atoms with Gasteiger partial charge < -0.3 is 10.0 Å². The third-order valence-electron chi connectivity index (χ3n) is 3.87. The van der Waals surface area contributed by atoms with Crippen LogP contribution in [0.4, 0.5) is 0 Å². The molecule has 5 nitrogen and oxygen atoms in total. The Kier molecular flexibility index (Phi) is 3.87. The van der Waals surface area contributed by atoms with Crippen LogP contribution in [-0.4, -0.2) is 57.6 Å². The predicted octanol–water partition coefficient (Wildman–Crippen LogP) is 0.495. The minimum atomic E-state index is -0.458. The summed E-state index contributed by atoms with van der Waals surface area (Å²) >= 11 is 0. The van der Waals surface area contributed by atoms with Gasteiger partial charge in [0.2, 0.25) is 5.91 Å². The second-order valence-corrected chi connectivity index (χ2v) is 5.68. The molecule has 5 heteroatoms. The van der Waals surface area contributed by atoms with Crippen molar-refractivity contribution in [2.75, 3.05) is 20.2 Å². The molecule has 0 aliphatic carbocycles. The molecule has 1 aliphatic rings. The monoisotopic (exact) mass is 263 g/mol. The lowest BCUT2D eigenvalue weighted by Crippen LogP contribution is -2.65. The first-order valence-electron chi connectivity index (χ1n) is 6.47. The fourth-order valence-electron chi connectivity index (χ4n) is 2.50. The highest BCUT2D eigenvalue weighted by molar-refractivity contribution is 5.83. The van der Waals surface area contributed by atoms with Crippen molar-refractivity contribution in [3.8, 4) is 0 Å². The molecule has 1 aromatic heterocycles. The number of carbonyl (C=O) groups is 1. The summed E-state index contributed by atoms with van der Waals surface area (Å²) in [7, 11) is 1.89. The number of rotatable bonds is 3. The molecule has 1 unspecified atom stereocenters.